The largest absolute Gasteiger partial charge is 0.390 e. The minimum Gasteiger partial charge on any atom is -0.390 e. The topological polar surface area (TPSA) is 57.5 Å². The van der Waals surface area contributed by atoms with Gasteiger partial charge in [0.1, 0.15) is 5.65 Å². The van der Waals surface area contributed by atoms with Crippen LogP contribution in [0.15, 0.2) is 23.1 Å². The summed E-state index contributed by atoms with van der Waals surface area (Å²) >= 11 is 0. The van der Waals surface area contributed by atoms with Crippen molar-refractivity contribution in [2.75, 3.05) is 0 Å². The molecule has 68 valence electrons. The molecule has 0 saturated heterocycles. The second-order valence-electron chi connectivity index (χ2n) is 2.96. The lowest BCUT2D eigenvalue weighted by atomic mass is 10.3. The predicted octanol–water partition coefficient (Wildman–Crippen LogP) is 0.428. The van der Waals surface area contributed by atoms with Gasteiger partial charge >= 0.3 is 0 Å². The van der Waals surface area contributed by atoms with Gasteiger partial charge < -0.3 is 14.5 Å². The van der Waals surface area contributed by atoms with Gasteiger partial charge in [-0.2, -0.15) is 0 Å². The molecule has 13 heavy (non-hydrogen) atoms. The Balaban J connectivity index is 2.84. The highest BCUT2D eigenvalue weighted by Gasteiger charge is 2.04. The Morgan fingerprint density at radius 3 is 3.08 bits per heavy atom. The summed E-state index contributed by atoms with van der Waals surface area (Å²) in [6.07, 6.45) is 1.70. The molecule has 0 atom stereocenters. The molecule has 2 aromatic rings. The van der Waals surface area contributed by atoms with Crippen LogP contribution >= 0.6 is 0 Å². The number of imidazole rings is 1. The first kappa shape index (κ1) is 8.07. The highest BCUT2D eigenvalue weighted by atomic mass is 16.3. The van der Waals surface area contributed by atoms with Crippen LogP contribution in [0, 0.1) is 6.92 Å². The number of aliphatic hydroxyl groups excluding tert-OH is 1. The van der Waals surface area contributed by atoms with Gasteiger partial charge in [-0.05, 0) is 6.92 Å². The molecule has 4 nitrogen and oxygen atoms in total. The fraction of sp³-hybridized carbons (Fsp3) is 0.222. The van der Waals surface area contributed by atoms with Crippen LogP contribution in [0.25, 0.3) is 5.65 Å². The van der Waals surface area contributed by atoms with Crippen molar-refractivity contribution in [3.8, 4) is 0 Å². The van der Waals surface area contributed by atoms with E-state index in [2.05, 4.69) is 4.98 Å². The summed E-state index contributed by atoms with van der Waals surface area (Å²) in [5.74, 6) is 0. The number of aliphatic hydroxyl groups is 1. The standard InChI is InChI=1S/C9H10N2O2/c1-6-8(5-12)10-9-4-7(13)2-3-11(6)9/h2-4,10,12H,5H2,1H3. The van der Waals surface area contributed by atoms with Crippen molar-refractivity contribution in [2.24, 2.45) is 0 Å². The summed E-state index contributed by atoms with van der Waals surface area (Å²) in [4.78, 5) is 14.0. The van der Waals surface area contributed by atoms with Gasteiger partial charge in [-0.3, -0.25) is 4.79 Å². The summed E-state index contributed by atoms with van der Waals surface area (Å²) in [5.41, 5.74) is 2.35. The van der Waals surface area contributed by atoms with Crippen LogP contribution in [0.2, 0.25) is 0 Å². The second kappa shape index (κ2) is 2.74. The molecule has 0 saturated carbocycles. The van der Waals surface area contributed by atoms with E-state index in [1.807, 2.05) is 11.3 Å². The Kier molecular flexibility index (Phi) is 1.70. The minimum absolute atomic E-state index is 0.0364. The van der Waals surface area contributed by atoms with Crippen molar-refractivity contribution in [1.82, 2.24) is 9.38 Å². The van der Waals surface area contributed by atoms with Gasteiger partial charge in [0.2, 0.25) is 0 Å². The number of rotatable bonds is 1. The summed E-state index contributed by atoms with van der Waals surface area (Å²) in [6.45, 7) is 1.85. The Bertz CT molecular complexity index is 496. The molecule has 0 aromatic carbocycles. The Morgan fingerprint density at radius 1 is 1.62 bits per heavy atom. The summed E-state index contributed by atoms with van der Waals surface area (Å²) in [7, 11) is 0. The first-order valence-corrected chi connectivity index (χ1v) is 4.03. The van der Waals surface area contributed by atoms with E-state index < -0.39 is 0 Å². The molecule has 0 aliphatic carbocycles. The van der Waals surface area contributed by atoms with Crippen LogP contribution in [0.4, 0.5) is 0 Å². The van der Waals surface area contributed by atoms with Crippen LogP contribution in [0.3, 0.4) is 0 Å². The fourth-order valence-electron chi connectivity index (χ4n) is 1.41. The van der Waals surface area contributed by atoms with Crippen molar-refractivity contribution >= 4 is 5.65 Å². The normalized spacial score (nSPS) is 10.9. The zero-order valence-electron chi connectivity index (χ0n) is 7.24. The van der Waals surface area contributed by atoms with E-state index >= 15 is 0 Å². The third kappa shape index (κ3) is 1.15. The van der Waals surface area contributed by atoms with E-state index in [-0.39, 0.29) is 12.0 Å². The van der Waals surface area contributed by atoms with Crippen LogP contribution in [-0.2, 0) is 6.61 Å². The molecule has 2 N–H and O–H groups in total. The monoisotopic (exact) mass is 178 g/mol. The van der Waals surface area contributed by atoms with Gasteiger partial charge in [-0.15, -0.1) is 0 Å². The molecule has 2 aromatic heterocycles. The number of H-pyrrole nitrogens is 1. The van der Waals surface area contributed by atoms with Crippen molar-refractivity contribution in [3.05, 3.63) is 39.9 Å². The van der Waals surface area contributed by atoms with E-state index in [9.17, 15) is 4.79 Å². The smallest absolute Gasteiger partial charge is 0.183 e. The average Bonchev–Trinajstić information content (AvgIpc) is 2.42. The van der Waals surface area contributed by atoms with Crippen LogP contribution in [0.5, 0.6) is 0 Å². The number of fused-ring (bicyclic) bond motifs is 1. The van der Waals surface area contributed by atoms with Crippen LogP contribution in [0.1, 0.15) is 11.4 Å². The van der Waals surface area contributed by atoms with Gasteiger partial charge in [0, 0.05) is 24.0 Å². The van der Waals surface area contributed by atoms with Crippen molar-refractivity contribution in [1.29, 1.82) is 0 Å². The van der Waals surface area contributed by atoms with Gasteiger partial charge in [-0.25, -0.2) is 0 Å². The number of hydrogen-bond acceptors (Lipinski definition) is 2. The average molecular weight is 178 g/mol. The number of aromatic amines is 1. The van der Waals surface area contributed by atoms with E-state index in [0.29, 0.717) is 5.65 Å². The van der Waals surface area contributed by atoms with E-state index in [4.69, 9.17) is 5.11 Å². The molecule has 0 aliphatic rings. The Morgan fingerprint density at radius 2 is 2.38 bits per heavy atom. The Labute approximate surface area is 74.5 Å². The van der Waals surface area contributed by atoms with Gasteiger partial charge in [-0.1, -0.05) is 0 Å². The minimum atomic E-state index is -0.0400. The molecule has 4 heteroatoms. The van der Waals surface area contributed by atoms with Crippen LogP contribution in [-0.4, -0.2) is 14.5 Å². The highest BCUT2D eigenvalue weighted by Crippen LogP contribution is 2.09. The number of aryl methyl sites for hydroxylation is 1. The summed E-state index contributed by atoms with van der Waals surface area (Å²) < 4.78 is 1.84. The number of nitrogens with zero attached hydrogens (tertiary/aromatic N) is 1. The predicted molar refractivity (Wildman–Crippen MR) is 48.7 cm³/mol. The third-order valence-electron chi connectivity index (χ3n) is 2.16. The maximum Gasteiger partial charge on any atom is 0.183 e. The molecular formula is C9H10N2O2. The summed E-state index contributed by atoms with van der Waals surface area (Å²) in [6, 6.07) is 3.00. The molecule has 0 fully saturated rings. The van der Waals surface area contributed by atoms with E-state index in [1.165, 1.54) is 12.1 Å². The number of hydrogen-bond donors (Lipinski definition) is 2. The maximum atomic E-state index is 11.0. The summed E-state index contributed by atoms with van der Waals surface area (Å²) in [5, 5.41) is 8.97. The molecular weight excluding hydrogens is 168 g/mol. The zero-order chi connectivity index (χ0) is 9.42. The molecule has 0 aliphatic heterocycles. The van der Waals surface area contributed by atoms with Gasteiger partial charge in [0.25, 0.3) is 0 Å². The van der Waals surface area contributed by atoms with Gasteiger partial charge in [0.15, 0.2) is 5.43 Å². The fourth-order valence-corrected chi connectivity index (χ4v) is 1.41. The quantitative estimate of drug-likeness (QED) is 0.665. The molecule has 0 amide bonds. The lowest BCUT2D eigenvalue weighted by Gasteiger charge is -1.94. The van der Waals surface area contributed by atoms with E-state index in [1.54, 1.807) is 6.20 Å². The van der Waals surface area contributed by atoms with Crippen molar-refractivity contribution < 1.29 is 5.11 Å². The maximum absolute atomic E-state index is 11.0. The molecule has 0 unspecified atom stereocenters. The molecule has 2 heterocycles. The lowest BCUT2D eigenvalue weighted by Crippen LogP contribution is -1.98. The number of nitrogens with one attached hydrogen (secondary N) is 1. The lowest BCUT2D eigenvalue weighted by molar-refractivity contribution is 0.276. The van der Waals surface area contributed by atoms with E-state index in [0.717, 1.165) is 11.4 Å². The Hall–Kier alpha value is -1.55. The first-order chi connectivity index (χ1) is 6.22. The van der Waals surface area contributed by atoms with Crippen LogP contribution < -0.4 is 5.43 Å². The van der Waals surface area contributed by atoms with Crippen molar-refractivity contribution in [2.45, 2.75) is 13.5 Å². The zero-order valence-corrected chi connectivity index (χ0v) is 7.24. The molecule has 0 radical (unpaired) electrons. The molecule has 2 rings (SSSR count). The highest BCUT2D eigenvalue weighted by molar-refractivity contribution is 5.42. The first-order valence-electron chi connectivity index (χ1n) is 4.03. The second-order valence-corrected chi connectivity index (χ2v) is 2.96. The molecule has 0 bridgehead atoms. The number of aromatic nitrogens is 2. The SMILES string of the molecule is Cc1c(CO)[nH]c2cc(=O)ccn12. The van der Waals surface area contributed by atoms with Gasteiger partial charge in [0.05, 0.1) is 12.3 Å². The number of pyridine rings is 1. The third-order valence-corrected chi connectivity index (χ3v) is 2.16. The molecule has 0 spiro atoms. The van der Waals surface area contributed by atoms with Crippen molar-refractivity contribution in [3.63, 3.8) is 0 Å².